The number of aliphatic hydroxyl groups excluding tert-OH is 1. The van der Waals surface area contributed by atoms with Gasteiger partial charge in [0, 0.05) is 13.1 Å². The number of nitrogens with zero attached hydrogens (tertiary/aromatic N) is 1. The molecule has 1 saturated carbocycles. The molecule has 2 rings (SSSR count). The summed E-state index contributed by atoms with van der Waals surface area (Å²) in [5.74, 6) is 0.512. The zero-order valence-electron chi connectivity index (χ0n) is 11.4. The van der Waals surface area contributed by atoms with Gasteiger partial charge in [0.05, 0.1) is 12.4 Å². The van der Waals surface area contributed by atoms with Crippen LogP contribution in [0.1, 0.15) is 30.9 Å². The molecule has 0 amide bonds. The molecule has 0 radical (unpaired) electrons. The minimum atomic E-state index is -3.29. The fourth-order valence-electron chi connectivity index (χ4n) is 2.26. The van der Waals surface area contributed by atoms with E-state index in [4.69, 9.17) is 5.11 Å². The van der Waals surface area contributed by atoms with Crippen LogP contribution < -0.4 is 0 Å². The van der Waals surface area contributed by atoms with Gasteiger partial charge in [-0.1, -0.05) is 24.3 Å². The Morgan fingerprint density at radius 2 is 2.00 bits per heavy atom. The SMILES string of the molecule is CC(C1CC1)N(C)S(=O)(=O)Cc1cccc(CO)c1. The van der Waals surface area contributed by atoms with Gasteiger partial charge in [0.2, 0.25) is 10.0 Å². The maximum Gasteiger partial charge on any atom is 0.218 e. The maximum atomic E-state index is 12.3. The van der Waals surface area contributed by atoms with Crippen molar-refractivity contribution in [2.75, 3.05) is 7.05 Å². The lowest BCUT2D eigenvalue weighted by molar-refractivity contribution is 0.281. The minimum absolute atomic E-state index is 0.00556. The zero-order valence-corrected chi connectivity index (χ0v) is 12.2. The van der Waals surface area contributed by atoms with Gasteiger partial charge in [0.25, 0.3) is 0 Å². The van der Waals surface area contributed by atoms with Gasteiger partial charge in [-0.25, -0.2) is 12.7 Å². The predicted octanol–water partition coefficient (Wildman–Crippen LogP) is 1.74. The standard InChI is InChI=1S/C14H21NO3S/c1-11(14-6-7-14)15(2)19(17,18)10-13-5-3-4-12(8-13)9-16/h3-5,8,11,14,16H,6-7,9-10H2,1-2H3. The van der Waals surface area contributed by atoms with E-state index in [9.17, 15) is 8.42 Å². The molecule has 1 unspecified atom stereocenters. The lowest BCUT2D eigenvalue weighted by Gasteiger charge is -2.24. The number of benzene rings is 1. The van der Waals surface area contributed by atoms with Crippen LogP contribution in [0, 0.1) is 5.92 Å². The molecule has 1 aromatic carbocycles. The van der Waals surface area contributed by atoms with E-state index in [1.165, 1.54) is 4.31 Å². The van der Waals surface area contributed by atoms with Crippen molar-refractivity contribution >= 4 is 10.0 Å². The largest absolute Gasteiger partial charge is 0.392 e. The lowest BCUT2D eigenvalue weighted by atomic mass is 10.1. The molecule has 1 aromatic rings. The Morgan fingerprint density at radius 1 is 1.37 bits per heavy atom. The van der Waals surface area contributed by atoms with E-state index in [0.717, 1.165) is 24.0 Å². The smallest absolute Gasteiger partial charge is 0.218 e. The Balaban J connectivity index is 2.11. The molecule has 0 bridgehead atoms. The molecular weight excluding hydrogens is 262 g/mol. The van der Waals surface area contributed by atoms with Gasteiger partial charge in [-0.15, -0.1) is 0 Å². The Kier molecular flexibility index (Phi) is 4.28. The van der Waals surface area contributed by atoms with Gasteiger partial charge in [-0.3, -0.25) is 0 Å². The molecule has 1 aliphatic rings. The van der Waals surface area contributed by atoms with Crippen LogP contribution in [-0.4, -0.2) is 30.9 Å². The van der Waals surface area contributed by atoms with Crippen LogP contribution >= 0.6 is 0 Å². The topological polar surface area (TPSA) is 57.6 Å². The lowest BCUT2D eigenvalue weighted by Crippen LogP contribution is -2.37. The van der Waals surface area contributed by atoms with Crippen LogP contribution in [0.3, 0.4) is 0 Å². The number of sulfonamides is 1. The van der Waals surface area contributed by atoms with Crippen molar-refractivity contribution < 1.29 is 13.5 Å². The third kappa shape index (κ3) is 3.55. The van der Waals surface area contributed by atoms with Crippen molar-refractivity contribution in [3.63, 3.8) is 0 Å². The zero-order chi connectivity index (χ0) is 14.0. The van der Waals surface area contributed by atoms with Crippen LogP contribution in [0.15, 0.2) is 24.3 Å². The third-order valence-electron chi connectivity index (χ3n) is 3.84. The first-order valence-electron chi connectivity index (χ1n) is 6.58. The summed E-state index contributed by atoms with van der Waals surface area (Å²) in [5, 5.41) is 9.08. The average Bonchev–Trinajstić information content (AvgIpc) is 3.21. The Hall–Kier alpha value is -0.910. The molecule has 1 N–H and O–H groups in total. The van der Waals surface area contributed by atoms with E-state index in [1.54, 1.807) is 31.3 Å². The molecule has 1 aliphatic carbocycles. The molecule has 0 spiro atoms. The quantitative estimate of drug-likeness (QED) is 0.865. The number of aliphatic hydroxyl groups is 1. The first-order chi connectivity index (χ1) is 8.94. The third-order valence-corrected chi connectivity index (χ3v) is 5.75. The van der Waals surface area contributed by atoms with Crippen molar-refractivity contribution in [1.82, 2.24) is 4.31 Å². The molecule has 1 fully saturated rings. The van der Waals surface area contributed by atoms with Crippen molar-refractivity contribution in [2.24, 2.45) is 5.92 Å². The fraction of sp³-hybridized carbons (Fsp3) is 0.571. The predicted molar refractivity (Wildman–Crippen MR) is 74.9 cm³/mol. The summed E-state index contributed by atoms with van der Waals surface area (Å²) in [5.41, 5.74) is 1.46. The van der Waals surface area contributed by atoms with Gasteiger partial charge in [0.15, 0.2) is 0 Å². The summed E-state index contributed by atoms with van der Waals surface area (Å²) in [6, 6.07) is 7.17. The molecule has 5 heteroatoms. The van der Waals surface area contributed by atoms with Crippen molar-refractivity contribution in [3.8, 4) is 0 Å². The summed E-state index contributed by atoms with van der Waals surface area (Å²) >= 11 is 0. The van der Waals surface area contributed by atoms with Crippen LogP contribution in [0.5, 0.6) is 0 Å². The second-order valence-electron chi connectivity index (χ2n) is 5.33. The highest BCUT2D eigenvalue weighted by molar-refractivity contribution is 7.88. The van der Waals surface area contributed by atoms with E-state index >= 15 is 0 Å². The summed E-state index contributed by atoms with van der Waals surface area (Å²) in [4.78, 5) is 0. The summed E-state index contributed by atoms with van der Waals surface area (Å²) in [7, 11) is -1.63. The van der Waals surface area contributed by atoms with Crippen molar-refractivity contribution in [1.29, 1.82) is 0 Å². The second kappa shape index (κ2) is 5.61. The molecule has 0 aromatic heterocycles. The van der Waals surface area contributed by atoms with Gasteiger partial charge in [-0.05, 0) is 36.8 Å². The number of hydrogen-bond donors (Lipinski definition) is 1. The van der Waals surface area contributed by atoms with Crippen LogP contribution in [0.2, 0.25) is 0 Å². The maximum absolute atomic E-state index is 12.3. The first kappa shape index (κ1) is 14.5. The molecule has 19 heavy (non-hydrogen) atoms. The van der Waals surface area contributed by atoms with E-state index < -0.39 is 10.0 Å². The van der Waals surface area contributed by atoms with Gasteiger partial charge in [-0.2, -0.15) is 0 Å². The summed E-state index contributed by atoms with van der Waals surface area (Å²) < 4.78 is 26.2. The highest BCUT2D eigenvalue weighted by Gasteiger charge is 2.35. The molecule has 4 nitrogen and oxygen atoms in total. The fourth-order valence-corrected chi connectivity index (χ4v) is 3.74. The normalized spacial score (nSPS) is 17.7. The van der Waals surface area contributed by atoms with E-state index in [-0.39, 0.29) is 18.4 Å². The Morgan fingerprint density at radius 3 is 2.58 bits per heavy atom. The highest BCUT2D eigenvalue weighted by Crippen LogP contribution is 2.35. The number of hydrogen-bond acceptors (Lipinski definition) is 3. The van der Waals surface area contributed by atoms with E-state index in [0.29, 0.717) is 5.92 Å². The molecular formula is C14H21NO3S. The molecule has 0 heterocycles. The van der Waals surface area contributed by atoms with Crippen LogP contribution in [0.4, 0.5) is 0 Å². The second-order valence-corrected chi connectivity index (χ2v) is 7.36. The van der Waals surface area contributed by atoms with E-state index in [1.807, 2.05) is 6.92 Å². The average molecular weight is 283 g/mol. The van der Waals surface area contributed by atoms with E-state index in [2.05, 4.69) is 0 Å². The van der Waals surface area contributed by atoms with Crippen LogP contribution in [0.25, 0.3) is 0 Å². The van der Waals surface area contributed by atoms with Crippen LogP contribution in [-0.2, 0) is 22.4 Å². The highest BCUT2D eigenvalue weighted by atomic mass is 32.2. The monoisotopic (exact) mass is 283 g/mol. The molecule has 106 valence electrons. The molecule has 0 saturated heterocycles. The molecule has 1 atom stereocenters. The number of rotatable bonds is 6. The van der Waals surface area contributed by atoms with Crippen molar-refractivity contribution in [3.05, 3.63) is 35.4 Å². The molecule has 0 aliphatic heterocycles. The summed E-state index contributed by atoms with van der Waals surface area (Å²) in [6.07, 6.45) is 2.25. The first-order valence-corrected chi connectivity index (χ1v) is 8.19. The van der Waals surface area contributed by atoms with Gasteiger partial charge < -0.3 is 5.11 Å². The van der Waals surface area contributed by atoms with Crippen molar-refractivity contribution in [2.45, 2.75) is 38.2 Å². The minimum Gasteiger partial charge on any atom is -0.392 e. The van der Waals surface area contributed by atoms with Gasteiger partial charge in [0.1, 0.15) is 0 Å². The Labute approximate surface area is 115 Å². The summed E-state index contributed by atoms with van der Waals surface area (Å²) in [6.45, 7) is 1.90. The van der Waals surface area contributed by atoms with Gasteiger partial charge >= 0.3 is 0 Å². The Bertz CT molecular complexity index is 537.